The van der Waals surface area contributed by atoms with Gasteiger partial charge in [-0.15, -0.1) is 4.21 Å². The van der Waals surface area contributed by atoms with E-state index in [4.69, 9.17) is 0 Å². The number of thiol groups is 1. The predicted molar refractivity (Wildman–Crippen MR) is 124 cm³/mol. The third kappa shape index (κ3) is 5.67. The van der Waals surface area contributed by atoms with Crippen molar-refractivity contribution in [1.29, 1.82) is 0 Å². The van der Waals surface area contributed by atoms with Crippen LogP contribution in [0.25, 0.3) is 0 Å². The van der Waals surface area contributed by atoms with E-state index >= 15 is 0 Å². The summed E-state index contributed by atoms with van der Waals surface area (Å²) in [5.41, 5.74) is 1.54. The number of rotatable bonds is 8. The highest BCUT2D eigenvalue weighted by atomic mass is 32.2. The molecule has 0 fully saturated rings. The summed E-state index contributed by atoms with van der Waals surface area (Å²) in [6.07, 6.45) is 3.43. The summed E-state index contributed by atoms with van der Waals surface area (Å²) < 4.78 is 11.8. The molecule has 0 radical (unpaired) electrons. The third-order valence-corrected chi connectivity index (χ3v) is 6.51. The predicted octanol–water partition coefficient (Wildman–Crippen LogP) is 3.58. The van der Waals surface area contributed by atoms with Gasteiger partial charge in [0.2, 0.25) is 17.8 Å². The van der Waals surface area contributed by atoms with Crippen LogP contribution in [-0.2, 0) is 36.4 Å². The number of aromatic amines is 1. The molecule has 0 saturated heterocycles. The first-order chi connectivity index (χ1) is 14.8. The highest BCUT2D eigenvalue weighted by molar-refractivity contribution is 7.84. The number of H-pyrrole nitrogens is 1. The first-order valence-corrected chi connectivity index (χ1v) is 11.5. The van der Waals surface area contributed by atoms with Gasteiger partial charge in [-0.1, -0.05) is 24.3 Å². The second kappa shape index (κ2) is 9.70. The molecule has 7 nitrogen and oxygen atoms in total. The molecule has 162 valence electrons. The number of anilines is 2. The fraction of sp³-hybridized carbons (Fsp3) is 0.261. The van der Waals surface area contributed by atoms with Gasteiger partial charge in [0.15, 0.2) is 4.90 Å². The van der Waals surface area contributed by atoms with Crippen LogP contribution in [0.1, 0.15) is 31.9 Å². The molecule has 31 heavy (non-hydrogen) atoms. The van der Waals surface area contributed by atoms with Crippen LogP contribution in [0.5, 0.6) is 0 Å². The zero-order valence-electron chi connectivity index (χ0n) is 17.8. The van der Waals surface area contributed by atoms with Gasteiger partial charge in [-0.2, -0.15) is 0 Å². The maximum absolute atomic E-state index is 12.6. The lowest BCUT2D eigenvalue weighted by atomic mass is 9.83. The molecule has 0 spiro atoms. The molecule has 3 rings (SSSR count). The minimum Gasteiger partial charge on any atom is -0.331 e. The van der Waals surface area contributed by atoms with E-state index in [2.05, 4.69) is 20.6 Å². The Morgan fingerprint density at radius 1 is 1.03 bits per heavy atom. The van der Waals surface area contributed by atoms with E-state index in [1.807, 2.05) is 57.2 Å². The van der Waals surface area contributed by atoms with E-state index in [9.17, 15) is 13.8 Å². The van der Waals surface area contributed by atoms with Crippen LogP contribution in [0.15, 0.2) is 65.8 Å². The number of aromatic nitrogens is 2. The summed E-state index contributed by atoms with van der Waals surface area (Å²) in [6.45, 7) is 5.54. The van der Waals surface area contributed by atoms with Gasteiger partial charge in [-0.05, 0) is 56.2 Å². The van der Waals surface area contributed by atoms with Crippen molar-refractivity contribution >= 4 is 34.2 Å². The SMILES string of the molecule is CC[SH+](=O)c1ccc(CC(=O)Nc2ccc(C(C)(C)C(=O)Nc3ncc[nH]3)cc2)cc1. The van der Waals surface area contributed by atoms with Gasteiger partial charge in [0, 0.05) is 18.1 Å². The quantitative estimate of drug-likeness (QED) is 0.369. The lowest BCUT2D eigenvalue weighted by Gasteiger charge is -2.23. The lowest BCUT2D eigenvalue weighted by molar-refractivity contribution is -0.120. The molecule has 1 aromatic heterocycles. The van der Waals surface area contributed by atoms with E-state index in [0.717, 1.165) is 16.0 Å². The molecule has 1 atom stereocenters. The molecule has 3 aromatic rings. The van der Waals surface area contributed by atoms with Crippen molar-refractivity contribution in [1.82, 2.24) is 9.97 Å². The van der Waals surface area contributed by atoms with E-state index in [-0.39, 0.29) is 18.2 Å². The lowest BCUT2D eigenvalue weighted by Crippen LogP contribution is -2.35. The highest BCUT2D eigenvalue weighted by Gasteiger charge is 2.30. The van der Waals surface area contributed by atoms with Crippen molar-refractivity contribution in [2.45, 2.75) is 37.5 Å². The molecule has 2 aromatic carbocycles. The Morgan fingerprint density at radius 3 is 2.29 bits per heavy atom. The topological polar surface area (TPSA) is 104 Å². The van der Waals surface area contributed by atoms with Crippen LogP contribution >= 0.6 is 0 Å². The van der Waals surface area contributed by atoms with Gasteiger partial charge in [-0.3, -0.25) is 14.9 Å². The summed E-state index contributed by atoms with van der Waals surface area (Å²) in [4.78, 5) is 32.7. The first kappa shape index (κ1) is 22.4. The van der Waals surface area contributed by atoms with Crippen molar-refractivity contribution in [3.8, 4) is 0 Å². The monoisotopic (exact) mass is 439 g/mol. The third-order valence-electron chi connectivity index (χ3n) is 5.06. The molecule has 1 heterocycles. The zero-order chi connectivity index (χ0) is 22.4. The van der Waals surface area contributed by atoms with Crippen LogP contribution < -0.4 is 10.6 Å². The number of carbonyl (C=O) groups is 2. The van der Waals surface area contributed by atoms with Crippen LogP contribution in [0.2, 0.25) is 0 Å². The van der Waals surface area contributed by atoms with E-state index in [0.29, 0.717) is 17.4 Å². The number of benzene rings is 2. The molecular formula is C23H27N4O3S+. The number of hydrogen-bond donors (Lipinski definition) is 3. The number of imidazole rings is 1. The number of nitrogens with zero attached hydrogens (tertiary/aromatic N) is 1. The number of carbonyl (C=O) groups excluding carboxylic acids is 2. The van der Waals surface area contributed by atoms with Crippen molar-refractivity contribution in [2.24, 2.45) is 0 Å². The number of nitrogens with one attached hydrogen (secondary N) is 3. The zero-order valence-corrected chi connectivity index (χ0v) is 18.7. The molecule has 0 aliphatic heterocycles. The summed E-state index contributed by atoms with van der Waals surface area (Å²) >= 11 is 0. The number of hydrogen-bond acceptors (Lipinski definition) is 4. The van der Waals surface area contributed by atoms with Crippen LogP contribution in [-0.4, -0.2) is 27.5 Å². The molecule has 0 saturated carbocycles. The number of amides is 2. The average molecular weight is 440 g/mol. The fourth-order valence-corrected chi connectivity index (χ4v) is 3.90. The van der Waals surface area contributed by atoms with E-state index < -0.39 is 16.2 Å². The van der Waals surface area contributed by atoms with E-state index in [1.54, 1.807) is 24.5 Å². The maximum atomic E-state index is 12.6. The van der Waals surface area contributed by atoms with Crippen molar-refractivity contribution in [2.75, 3.05) is 16.4 Å². The summed E-state index contributed by atoms with van der Waals surface area (Å²) in [7, 11) is -1.36. The summed E-state index contributed by atoms with van der Waals surface area (Å²) in [5.74, 6) is 0.672. The summed E-state index contributed by atoms with van der Waals surface area (Å²) in [6, 6.07) is 14.5. The summed E-state index contributed by atoms with van der Waals surface area (Å²) in [5, 5.41) is 5.63. The normalized spacial score (nSPS) is 12.2. The molecule has 3 N–H and O–H groups in total. The Hall–Kier alpha value is -3.26. The molecule has 0 bridgehead atoms. The minimum atomic E-state index is -1.36. The van der Waals surface area contributed by atoms with Crippen LogP contribution in [0.4, 0.5) is 11.6 Å². The van der Waals surface area contributed by atoms with Gasteiger partial charge in [0.05, 0.1) is 11.8 Å². The second-order valence-corrected chi connectivity index (χ2v) is 9.59. The molecular weight excluding hydrogens is 412 g/mol. The smallest absolute Gasteiger partial charge is 0.236 e. The molecule has 1 unspecified atom stereocenters. The molecule has 0 aliphatic rings. The van der Waals surface area contributed by atoms with E-state index in [1.165, 1.54) is 0 Å². The van der Waals surface area contributed by atoms with Crippen molar-refractivity contribution < 1.29 is 13.8 Å². The second-order valence-electron chi connectivity index (χ2n) is 7.68. The minimum absolute atomic E-state index is 0.143. The molecule has 8 heteroatoms. The standard InChI is InChI=1S/C23H26N4O3S/c1-4-31(30)19-11-5-16(6-12-19)15-20(28)26-18-9-7-17(8-10-18)23(2,3)21(29)27-22-24-13-14-25-22/h5-14H,4,15H2,1-3H3,(H,26,28)(H2,24,25,27,29)/p+1. The molecule has 0 aliphatic carbocycles. The Morgan fingerprint density at radius 2 is 1.71 bits per heavy atom. The van der Waals surface area contributed by atoms with Gasteiger partial charge < -0.3 is 10.3 Å². The Balaban J connectivity index is 1.60. The Kier molecular flexibility index (Phi) is 7.02. The highest BCUT2D eigenvalue weighted by Crippen LogP contribution is 2.26. The first-order valence-electron chi connectivity index (χ1n) is 10.0. The molecule has 2 amide bonds. The van der Waals surface area contributed by atoms with Gasteiger partial charge in [0.1, 0.15) is 16.6 Å². The van der Waals surface area contributed by atoms with Gasteiger partial charge >= 0.3 is 0 Å². The maximum Gasteiger partial charge on any atom is 0.236 e. The Labute approximate surface area is 184 Å². The van der Waals surface area contributed by atoms with Gasteiger partial charge in [-0.25, -0.2) is 4.98 Å². The average Bonchev–Trinajstić information content (AvgIpc) is 3.27. The Bertz CT molecular complexity index is 1060. The van der Waals surface area contributed by atoms with Crippen LogP contribution in [0.3, 0.4) is 0 Å². The largest absolute Gasteiger partial charge is 0.331 e. The fourth-order valence-electron chi connectivity index (χ4n) is 3.05. The van der Waals surface area contributed by atoms with Crippen molar-refractivity contribution in [3.05, 3.63) is 72.1 Å². The van der Waals surface area contributed by atoms with Gasteiger partial charge in [0.25, 0.3) is 0 Å². The van der Waals surface area contributed by atoms with Crippen LogP contribution in [0, 0.1) is 0 Å². The van der Waals surface area contributed by atoms with Crippen molar-refractivity contribution in [3.63, 3.8) is 0 Å².